The third kappa shape index (κ3) is 94.2. The molecule has 0 bridgehead atoms. The number of hydrogen-bond donors (Lipinski definition) is 2. The summed E-state index contributed by atoms with van der Waals surface area (Å²) in [4.78, 5) is 8.56. The summed E-state index contributed by atoms with van der Waals surface area (Å²) in [5.74, 6) is 4.67. The molecule has 0 aromatic rings. The second kappa shape index (κ2) is 9.30. The predicted octanol–water partition coefficient (Wildman–Crippen LogP) is 0.912. The summed E-state index contributed by atoms with van der Waals surface area (Å²) in [6, 6.07) is 0. The molecule has 0 aliphatic rings. The number of halogens is 1. The number of rotatable bonds is 0. The van der Waals surface area contributed by atoms with Gasteiger partial charge in [-0.25, -0.2) is 4.79 Å². The van der Waals surface area contributed by atoms with Gasteiger partial charge in [0.2, 0.25) is 0 Å². The molecule has 0 saturated heterocycles. The third-order valence-electron chi connectivity index (χ3n) is 0. The van der Waals surface area contributed by atoms with Crippen LogP contribution in [0.3, 0.4) is 0 Å². The van der Waals surface area contributed by atoms with Crippen molar-refractivity contribution in [2.24, 2.45) is 0 Å². The molecule has 0 aliphatic carbocycles. The molecule has 39 valence electrons. The monoisotopic (exact) mass is 255 g/mol. The average Bonchev–Trinajstić information content (AvgIpc) is 1.41. The molecule has 0 heterocycles. The first-order chi connectivity index (χ1) is 2.73. The van der Waals surface area contributed by atoms with E-state index in [-0.39, 0.29) is 0 Å². The molecule has 0 spiro atoms. The number of carboxylic acid groups (broad SMARTS) is 2. The van der Waals surface area contributed by atoms with Crippen molar-refractivity contribution in [1.82, 2.24) is 0 Å². The van der Waals surface area contributed by atoms with Gasteiger partial charge in [0, 0.05) is 0 Å². The van der Waals surface area contributed by atoms with E-state index in [2.05, 4.69) is 5.97 Å². The van der Waals surface area contributed by atoms with Crippen molar-refractivity contribution in [2.45, 2.75) is 0 Å². The molecule has 0 rings (SSSR count). The second-order valence-corrected chi connectivity index (χ2v) is 0.283. The van der Waals surface area contributed by atoms with E-state index in [1.165, 1.54) is 36.4 Å². The first-order valence-electron chi connectivity index (χ1n) is 0.785. The molecule has 2 N–H and O–H groups in total. The molecule has 0 fully saturated rings. The van der Waals surface area contributed by atoms with E-state index in [1.54, 1.807) is 0 Å². The Hall–Kier alpha value is 0.885. The Balaban J connectivity index is 0. The van der Waals surface area contributed by atoms with Gasteiger partial charge in [0.05, 0.1) is 0 Å². The summed E-state index contributed by atoms with van der Waals surface area (Å²) in [5, 5.41) is 13.9. The first kappa shape index (κ1) is 9.99. The fourth-order valence-electron chi connectivity index (χ4n) is 0. The summed E-state index contributed by atoms with van der Waals surface area (Å²) in [6.45, 7) is 0. The fourth-order valence-corrected chi connectivity index (χ4v) is 0. The Morgan fingerprint density at radius 3 is 1.50 bits per heavy atom. The van der Waals surface area contributed by atoms with Crippen molar-refractivity contribution < 1.29 is 51.4 Å². The van der Waals surface area contributed by atoms with Crippen LogP contribution in [0.15, 0.2) is 0 Å². The predicted molar refractivity (Wildman–Crippen MR) is 16.5 cm³/mol. The van der Waals surface area contributed by atoms with Gasteiger partial charge < -0.3 is 10.2 Å². The van der Waals surface area contributed by atoms with Crippen LogP contribution in [0.25, 0.3) is 0 Å². The molecular weight excluding hydrogens is 253 g/mol. The minimum absolute atomic E-state index is 1.33. The molecule has 0 aromatic heterocycles. The topological polar surface area (TPSA) is 57.5 Å². The van der Waals surface area contributed by atoms with E-state index in [4.69, 9.17) is 15.0 Å². The van der Waals surface area contributed by atoms with Gasteiger partial charge >= 0.3 is 48.5 Å². The number of carbonyl (C=O) groups is 1. The molecule has 0 aromatic carbocycles. The summed E-state index contributed by atoms with van der Waals surface area (Å²) < 4.78 is 0. The van der Waals surface area contributed by atoms with Crippen LogP contribution in [-0.2, 0) is 0 Å². The molecule has 0 atom stereocenters. The average molecular weight is 255 g/mol. The van der Waals surface area contributed by atoms with Crippen LogP contribution in [-0.4, -0.2) is 16.4 Å². The maximum absolute atomic E-state index is 8.56. The van der Waals surface area contributed by atoms with Gasteiger partial charge in [-0.05, 0) is 0 Å². The van der Waals surface area contributed by atoms with Crippen molar-refractivity contribution >= 4 is 12.1 Å². The third-order valence-corrected chi connectivity index (χ3v) is 0. The van der Waals surface area contributed by atoms with Crippen LogP contribution in [0.4, 0.5) is 4.79 Å². The Morgan fingerprint density at radius 1 is 1.50 bits per heavy atom. The van der Waals surface area contributed by atoms with Gasteiger partial charge in [0.25, 0.3) is 0 Å². The molecular formula is CH2ClGdO3. The summed E-state index contributed by atoms with van der Waals surface area (Å²) in [5.41, 5.74) is 0. The summed E-state index contributed by atoms with van der Waals surface area (Å²) in [7, 11) is 0. The van der Waals surface area contributed by atoms with E-state index in [1.807, 2.05) is 0 Å². The molecule has 0 saturated carbocycles. The Kier molecular flexibility index (Phi) is 15.5. The van der Waals surface area contributed by atoms with Gasteiger partial charge in [-0.2, -0.15) is 0 Å². The van der Waals surface area contributed by atoms with Gasteiger partial charge in [-0.1, -0.05) is 0 Å². The van der Waals surface area contributed by atoms with Crippen molar-refractivity contribution in [3.8, 4) is 0 Å². The van der Waals surface area contributed by atoms with Crippen LogP contribution in [0, 0.1) is 36.4 Å². The van der Waals surface area contributed by atoms with E-state index in [9.17, 15) is 0 Å². The van der Waals surface area contributed by atoms with Crippen molar-refractivity contribution in [3.05, 3.63) is 0 Å². The van der Waals surface area contributed by atoms with Crippen molar-refractivity contribution in [3.63, 3.8) is 0 Å². The number of hydrogen-bond acceptors (Lipinski definition) is 1. The maximum atomic E-state index is 8.56. The Bertz CT molecular complexity index is 33.8. The standard InChI is InChI=1S/CH2O3.ClH.Gd/c2-1(3)4;;/h(H2,2,3,4);1H;/q;;+1/p-1. The SMILES string of the molecule is O=C(O)O.[Cl][Gd]. The zero-order valence-electron chi connectivity index (χ0n) is 2.53. The van der Waals surface area contributed by atoms with E-state index in [0.29, 0.717) is 0 Å². The van der Waals surface area contributed by atoms with Gasteiger partial charge in [0.1, 0.15) is 0 Å². The van der Waals surface area contributed by atoms with Crippen LogP contribution >= 0.6 is 5.97 Å². The second-order valence-electron chi connectivity index (χ2n) is 0.283. The van der Waals surface area contributed by atoms with Crippen molar-refractivity contribution in [2.75, 3.05) is 0 Å². The molecule has 0 aliphatic heterocycles. The van der Waals surface area contributed by atoms with Crippen LogP contribution in [0.5, 0.6) is 0 Å². The molecule has 3 nitrogen and oxygen atoms in total. The van der Waals surface area contributed by atoms with Crippen LogP contribution < -0.4 is 0 Å². The first-order valence-corrected chi connectivity index (χ1v) is 3.62. The Labute approximate surface area is 62.8 Å². The molecule has 0 radical (unpaired) electrons. The quantitative estimate of drug-likeness (QED) is 0.676. The molecule has 0 amide bonds. The fraction of sp³-hybridized carbons (Fsp3) is 0. The zero-order chi connectivity index (χ0) is 5.58. The normalized spacial score (nSPS) is 5.00. The van der Waals surface area contributed by atoms with Crippen LogP contribution in [0.2, 0.25) is 0 Å². The van der Waals surface area contributed by atoms with E-state index in [0.717, 1.165) is 0 Å². The summed E-state index contributed by atoms with van der Waals surface area (Å²) >= 11 is 1.33. The van der Waals surface area contributed by atoms with Gasteiger partial charge in [-0.3, -0.25) is 0 Å². The van der Waals surface area contributed by atoms with E-state index >= 15 is 0 Å². The molecule has 6 heavy (non-hydrogen) atoms. The Morgan fingerprint density at radius 2 is 1.50 bits per heavy atom. The minimum atomic E-state index is -1.83. The van der Waals surface area contributed by atoms with Gasteiger partial charge in [0.15, 0.2) is 0 Å². The van der Waals surface area contributed by atoms with E-state index < -0.39 is 6.16 Å². The molecule has 5 heteroatoms. The zero-order valence-corrected chi connectivity index (χ0v) is 5.56. The molecule has 0 unspecified atom stereocenters. The van der Waals surface area contributed by atoms with Crippen LogP contribution in [0.1, 0.15) is 0 Å². The van der Waals surface area contributed by atoms with Crippen molar-refractivity contribution in [1.29, 1.82) is 0 Å². The summed E-state index contributed by atoms with van der Waals surface area (Å²) in [6.07, 6.45) is -1.83. The van der Waals surface area contributed by atoms with Gasteiger partial charge in [-0.15, -0.1) is 0 Å².